The van der Waals surface area contributed by atoms with E-state index in [1.807, 2.05) is 13.8 Å². The van der Waals surface area contributed by atoms with Crippen molar-refractivity contribution >= 4 is 0 Å². The van der Waals surface area contributed by atoms with Crippen LogP contribution in [0.2, 0.25) is 0 Å². The first-order chi connectivity index (χ1) is 6.18. The van der Waals surface area contributed by atoms with E-state index >= 15 is 0 Å². The summed E-state index contributed by atoms with van der Waals surface area (Å²) in [5.74, 6) is -0.136. The third-order valence-electron chi connectivity index (χ3n) is 1.04. The van der Waals surface area contributed by atoms with Crippen LogP contribution in [0.4, 0.5) is 8.78 Å². The van der Waals surface area contributed by atoms with Crippen molar-refractivity contribution in [1.82, 2.24) is 0 Å². The molecule has 0 fully saturated rings. The number of hydrogen-bond acceptors (Lipinski definition) is 2. The Kier molecular flexibility index (Phi) is 5.59. The van der Waals surface area contributed by atoms with Crippen molar-refractivity contribution in [2.75, 3.05) is 0 Å². The van der Waals surface area contributed by atoms with Crippen LogP contribution in [0.3, 0.4) is 0 Å². The molecule has 0 bridgehead atoms. The Morgan fingerprint density at radius 3 is 2.38 bits per heavy atom. The molecule has 0 saturated carbocycles. The molecule has 0 aliphatic rings. The lowest BCUT2D eigenvalue weighted by Crippen LogP contribution is -2.01. The number of benzene rings is 1. The van der Waals surface area contributed by atoms with E-state index in [4.69, 9.17) is 5.11 Å². The molecule has 0 saturated heterocycles. The molecule has 4 heteroatoms. The standard InChI is InChI=1S/C7H6F2O2.C2H6/c8-7(9)11-6-3-1-2-5(10)4-6;1-2/h1-4,7,10H;1-2H3. The molecule has 0 radical (unpaired) electrons. The smallest absolute Gasteiger partial charge is 0.387 e. The van der Waals surface area contributed by atoms with Gasteiger partial charge in [0.2, 0.25) is 0 Å². The van der Waals surface area contributed by atoms with Crippen LogP contribution in [0, 0.1) is 0 Å². The highest BCUT2D eigenvalue weighted by atomic mass is 19.3. The van der Waals surface area contributed by atoms with Crippen molar-refractivity contribution in [3.8, 4) is 11.5 Å². The number of aromatic hydroxyl groups is 1. The van der Waals surface area contributed by atoms with Gasteiger partial charge in [-0.2, -0.15) is 8.78 Å². The van der Waals surface area contributed by atoms with E-state index in [-0.39, 0.29) is 11.5 Å². The first-order valence-electron chi connectivity index (χ1n) is 3.92. The third-order valence-corrected chi connectivity index (χ3v) is 1.04. The maximum absolute atomic E-state index is 11.5. The van der Waals surface area contributed by atoms with Gasteiger partial charge in [0, 0.05) is 6.07 Å². The molecular formula is C9H12F2O2. The van der Waals surface area contributed by atoms with Crippen molar-refractivity contribution in [1.29, 1.82) is 0 Å². The van der Waals surface area contributed by atoms with Crippen LogP contribution in [-0.4, -0.2) is 11.7 Å². The third kappa shape index (κ3) is 5.00. The monoisotopic (exact) mass is 190 g/mol. The van der Waals surface area contributed by atoms with Gasteiger partial charge in [0.05, 0.1) is 0 Å². The van der Waals surface area contributed by atoms with Crippen molar-refractivity contribution < 1.29 is 18.6 Å². The summed E-state index contributed by atoms with van der Waals surface area (Å²) in [7, 11) is 0. The Morgan fingerprint density at radius 2 is 1.92 bits per heavy atom. The topological polar surface area (TPSA) is 29.5 Å². The Labute approximate surface area is 75.8 Å². The molecule has 0 atom stereocenters. The minimum absolute atomic E-state index is 0.0417. The number of rotatable bonds is 2. The lowest BCUT2D eigenvalue weighted by molar-refractivity contribution is -0.0499. The molecule has 1 rings (SSSR count). The number of ether oxygens (including phenoxy) is 1. The summed E-state index contributed by atoms with van der Waals surface area (Å²) in [6.07, 6.45) is 0. The molecule has 2 nitrogen and oxygen atoms in total. The van der Waals surface area contributed by atoms with E-state index in [9.17, 15) is 8.78 Å². The molecule has 1 aromatic rings. The SMILES string of the molecule is CC.Oc1cccc(OC(F)F)c1. The Balaban J connectivity index is 0.000000671. The van der Waals surface area contributed by atoms with E-state index in [1.54, 1.807) is 0 Å². The fourth-order valence-electron chi connectivity index (χ4n) is 0.660. The van der Waals surface area contributed by atoms with Crippen LogP contribution in [0.15, 0.2) is 24.3 Å². The molecule has 0 spiro atoms. The van der Waals surface area contributed by atoms with Gasteiger partial charge >= 0.3 is 6.61 Å². The molecule has 0 aliphatic heterocycles. The van der Waals surface area contributed by atoms with E-state index in [1.165, 1.54) is 18.2 Å². The molecule has 0 heterocycles. The van der Waals surface area contributed by atoms with Crippen molar-refractivity contribution in [3.05, 3.63) is 24.3 Å². The summed E-state index contributed by atoms with van der Waals surface area (Å²) in [6, 6.07) is 5.25. The molecular weight excluding hydrogens is 178 g/mol. The number of hydrogen-bond donors (Lipinski definition) is 1. The first kappa shape index (κ1) is 11.7. The quantitative estimate of drug-likeness (QED) is 0.776. The molecule has 1 aromatic carbocycles. The average molecular weight is 190 g/mol. The number of halogens is 2. The molecule has 0 unspecified atom stereocenters. The summed E-state index contributed by atoms with van der Waals surface area (Å²) >= 11 is 0. The predicted molar refractivity (Wildman–Crippen MR) is 46.1 cm³/mol. The lowest BCUT2D eigenvalue weighted by Gasteiger charge is -2.02. The number of alkyl halides is 2. The second kappa shape index (κ2) is 6.22. The molecule has 0 amide bonds. The molecule has 13 heavy (non-hydrogen) atoms. The van der Waals surface area contributed by atoms with Gasteiger partial charge in [-0.3, -0.25) is 0 Å². The Bertz CT molecular complexity index is 239. The Hall–Kier alpha value is -1.32. The molecule has 0 aliphatic carbocycles. The van der Waals surface area contributed by atoms with Crippen LogP contribution >= 0.6 is 0 Å². The van der Waals surface area contributed by atoms with Crippen molar-refractivity contribution in [2.45, 2.75) is 20.5 Å². The second-order valence-corrected chi connectivity index (χ2v) is 1.88. The normalized spacial score (nSPS) is 9.00. The summed E-state index contributed by atoms with van der Waals surface area (Å²) in [5.41, 5.74) is 0. The van der Waals surface area contributed by atoms with Gasteiger partial charge in [-0.1, -0.05) is 19.9 Å². The summed E-state index contributed by atoms with van der Waals surface area (Å²) in [4.78, 5) is 0. The highest BCUT2D eigenvalue weighted by Gasteiger charge is 2.03. The summed E-state index contributed by atoms with van der Waals surface area (Å²) < 4.78 is 27.1. The summed E-state index contributed by atoms with van der Waals surface area (Å²) in [5, 5.41) is 8.80. The number of phenols is 1. The number of phenolic OH excluding ortho intramolecular Hbond substituents is 1. The zero-order valence-corrected chi connectivity index (χ0v) is 7.50. The van der Waals surface area contributed by atoms with Gasteiger partial charge in [-0.15, -0.1) is 0 Å². The fourth-order valence-corrected chi connectivity index (χ4v) is 0.660. The van der Waals surface area contributed by atoms with E-state index in [2.05, 4.69) is 4.74 Å². The van der Waals surface area contributed by atoms with Gasteiger partial charge in [-0.25, -0.2) is 0 Å². The van der Waals surface area contributed by atoms with Gasteiger partial charge in [0.15, 0.2) is 0 Å². The zero-order valence-electron chi connectivity index (χ0n) is 7.50. The van der Waals surface area contributed by atoms with Crippen molar-refractivity contribution in [2.24, 2.45) is 0 Å². The second-order valence-electron chi connectivity index (χ2n) is 1.88. The van der Waals surface area contributed by atoms with Crippen LogP contribution < -0.4 is 4.74 Å². The Morgan fingerprint density at radius 1 is 1.31 bits per heavy atom. The van der Waals surface area contributed by atoms with E-state index in [0.29, 0.717) is 0 Å². The molecule has 0 aromatic heterocycles. The largest absolute Gasteiger partial charge is 0.508 e. The van der Waals surface area contributed by atoms with Gasteiger partial charge in [0.25, 0.3) is 0 Å². The maximum Gasteiger partial charge on any atom is 0.387 e. The van der Waals surface area contributed by atoms with Gasteiger partial charge < -0.3 is 9.84 Å². The van der Waals surface area contributed by atoms with Gasteiger partial charge in [-0.05, 0) is 12.1 Å². The fraction of sp³-hybridized carbons (Fsp3) is 0.333. The average Bonchev–Trinajstić information content (AvgIpc) is 2.06. The van der Waals surface area contributed by atoms with Crippen LogP contribution in [0.25, 0.3) is 0 Å². The molecule has 1 N–H and O–H groups in total. The highest BCUT2D eigenvalue weighted by Crippen LogP contribution is 2.19. The van der Waals surface area contributed by atoms with Crippen LogP contribution in [-0.2, 0) is 0 Å². The zero-order chi connectivity index (χ0) is 10.3. The van der Waals surface area contributed by atoms with E-state index < -0.39 is 6.61 Å². The lowest BCUT2D eigenvalue weighted by atomic mass is 10.3. The van der Waals surface area contributed by atoms with Crippen LogP contribution in [0.1, 0.15) is 13.8 Å². The van der Waals surface area contributed by atoms with Gasteiger partial charge in [0.1, 0.15) is 11.5 Å². The minimum Gasteiger partial charge on any atom is -0.508 e. The summed E-state index contributed by atoms with van der Waals surface area (Å²) in [6.45, 7) is 1.15. The van der Waals surface area contributed by atoms with Crippen molar-refractivity contribution in [3.63, 3.8) is 0 Å². The maximum atomic E-state index is 11.5. The van der Waals surface area contributed by atoms with Crippen LogP contribution in [0.5, 0.6) is 11.5 Å². The van der Waals surface area contributed by atoms with E-state index in [0.717, 1.165) is 6.07 Å². The minimum atomic E-state index is -2.85. The highest BCUT2D eigenvalue weighted by molar-refractivity contribution is 5.31. The first-order valence-corrected chi connectivity index (χ1v) is 3.92. The molecule has 74 valence electrons. The predicted octanol–water partition coefficient (Wildman–Crippen LogP) is 3.02.